The van der Waals surface area contributed by atoms with Crippen LogP contribution in [0.2, 0.25) is 0 Å². The van der Waals surface area contributed by atoms with Gasteiger partial charge in [0.05, 0.1) is 6.26 Å². The van der Waals surface area contributed by atoms with Crippen LogP contribution < -0.4 is 0 Å². The number of hydrogen-bond acceptors (Lipinski definition) is 3. The van der Waals surface area contributed by atoms with Gasteiger partial charge in [0.15, 0.2) is 0 Å². The minimum Gasteiger partial charge on any atom is -0.480 e. The zero-order chi connectivity index (χ0) is 13.8. The number of carboxylic acids is 1. The molecule has 18 heavy (non-hydrogen) atoms. The van der Waals surface area contributed by atoms with E-state index in [0.29, 0.717) is 12.3 Å². The van der Waals surface area contributed by atoms with Gasteiger partial charge >= 0.3 is 5.97 Å². The van der Waals surface area contributed by atoms with Crippen LogP contribution in [0.3, 0.4) is 0 Å². The van der Waals surface area contributed by atoms with Crippen molar-refractivity contribution in [2.75, 3.05) is 6.54 Å². The summed E-state index contributed by atoms with van der Waals surface area (Å²) in [5, 5.41) is 9.11. The monoisotopic (exact) mass is 251 g/mol. The number of amides is 1. The number of carbonyl (C=O) groups excluding carboxylic acids is 1. The van der Waals surface area contributed by atoms with Crippen molar-refractivity contribution in [3.05, 3.63) is 30.2 Å². The van der Waals surface area contributed by atoms with Gasteiger partial charge in [-0.05, 0) is 39.0 Å². The number of nitrogens with zero attached hydrogens (tertiary/aromatic N) is 1. The topological polar surface area (TPSA) is 70.8 Å². The largest absolute Gasteiger partial charge is 0.480 e. The lowest BCUT2D eigenvalue weighted by atomic mass is 10.0. The SMILES string of the molecule is CCN(C(=O)C=Cc1ccco1)C(C)(C)C(=O)O. The summed E-state index contributed by atoms with van der Waals surface area (Å²) in [4.78, 5) is 24.4. The molecule has 0 atom stereocenters. The normalized spacial score (nSPS) is 11.7. The minimum atomic E-state index is -1.24. The summed E-state index contributed by atoms with van der Waals surface area (Å²) in [6.07, 6.45) is 4.33. The number of furan rings is 1. The lowest BCUT2D eigenvalue weighted by molar-refractivity contribution is -0.154. The Morgan fingerprint density at radius 3 is 2.61 bits per heavy atom. The number of aliphatic carboxylic acids is 1. The van der Waals surface area contributed by atoms with Crippen molar-refractivity contribution in [3.8, 4) is 0 Å². The van der Waals surface area contributed by atoms with E-state index in [9.17, 15) is 9.59 Å². The van der Waals surface area contributed by atoms with E-state index in [4.69, 9.17) is 9.52 Å². The second-order valence-corrected chi connectivity index (χ2v) is 4.30. The molecule has 1 amide bonds. The van der Waals surface area contributed by atoms with Crippen LogP contribution in [0.25, 0.3) is 6.08 Å². The van der Waals surface area contributed by atoms with Gasteiger partial charge in [-0.15, -0.1) is 0 Å². The van der Waals surface area contributed by atoms with Crippen molar-refractivity contribution < 1.29 is 19.1 Å². The summed E-state index contributed by atoms with van der Waals surface area (Å²) in [7, 11) is 0. The number of hydrogen-bond donors (Lipinski definition) is 1. The maximum Gasteiger partial charge on any atom is 0.329 e. The van der Waals surface area contributed by atoms with Gasteiger partial charge in [-0.2, -0.15) is 0 Å². The highest BCUT2D eigenvalue weighted by Gasteiger charge is 2.35. The van der Waals surface area contributed by atoms with Gasteiger partial charge < -0.3 is 14.4 Å². The summed E-state index contributed by atoms with van der Waals surface area (Å²) in [6, 6.07) is 3.42. The molecule has 98 valence electrons. The van der Waals surface area contributed by atoms with E-state index in [-0.39, 0.29) is 5.91 Å². The molecule has 1 heterocycles. The molecular formula is C13H17NO4. The molecule has 0 aromatic carbocycles. The highest BCUT2D eigenvalue weighted by molar-refractivity contribution is 5.95. The van der Waals surface area contributed by atoms with Gasteiger partial charge in [-0.25, -0.2) is 4.79 Å². The summed E-state index contributed by atoms with van der Waals surface area (Å²) < 4.78 is 5.06. The zero-order valence-corrected chi connectivity index (χ0v) is 10.7. The van der Waals surface area contributed by atoms with E-state index in [1.165, 1.54) is 37.2 Å². The summed E-state index contributed by atoms with van der Waals surface area (Å²) in [6.45, 7) is 5.05. The fourth-order valence-corrected chi connectivity index (χ4v) is 1.57. The quantitative estimate of drug-likeness (QED) is 0.812. The van der Waals surface area contributed by atoms with Crippen molar-refractivity contribution in [3.63, 3.8) is 0 Å². The van der Waals surface area contributed by atoms with E-state index in [0.717, 1.165) is 0 Å². The van der Waals surface area contributed by atoms with Crippen molar-refractivity contribution in [2.24, 2.45) is 0 Å². The molecule has 0 aliphatic carbocycles. The molecule has 0 aliphatic rings. The third kappa shape index (κ3) is 3.00. The van der Waals surface area contributed by atoms with E-state index >= 15 is 0 Å². The van der Waals surface area contributed by atoms with Crippen LogP contribution in [0.1, 0.15) is 26.5 Å². The molecule has 5 heteroatoms. The van der Waals surface area contributed by atoms with Crippen LogP contribution in [-0.4, -0.2) is 34.0 Å². The van der Waals surface area contributed by atoms with Crippen molar-refractivity contribution in [1.82, 2.24) is 4.90 Å². The smallest absolute Gasteiger partial charge is 0.329 e. The highest BCUT2D eigenvalue weighted by atomic mass is 16.4. The van der Waals surface area contributed by atoms with Gasteiger partial charge in [0.1, 0.15) is 11.3 Å². The molecule has 0 aliphatic heterocycles. The van der Waals surface area contributed by atoms with E-state index in [1.807, 2.05) is 0 Å². The third-order valence-corrected chi connectivity index (χ3v) is 2.71. The summed E-state index contributed by atoms with van der Waals surface area (Å²) in [5.41, 5.74) is -1.24. The first-order chi connectivity index (χ1) is 8.39. The Morgan fingerprint density at radius 1 is 1.50 bits per heavy atom. The minimum absolute atomic E-state index is 0.320. The first kappa shape index (κ1) is 14.0. The lowest BCUT2D eigenvalue weighted by Crippen LogP contribution is -2.52. The molecule has 0 saturated heterocycles. The number of likely N-dealkylation sites (N-methyl/N-ethyl adjacent to an activating group) is 1. The molecular weight excluding hydrogens is 234 g/mol. The zero-order valence-electron chi connectivity index (χ0n) is 10.7. The summed E-state index contributed by atoms with van der Waals surface area (Å²) >= 11 is 0. The second-order valence-electron chi connectivity index (χ2n) is 4.30. The van der Waals surface area contributed by atoms with Gasteiger partial charge in [-0.3, -0.25) is 4.79 Å². The second kappa shape index (κ2) is 5.53. The van der Waals surface area contributed by atoms with Gasteiger partial charge in [0.25, 0.3) is 0 Å². The molecule has 0 unspecified atom stereocenters. The molecule has 0 spiro atoms. The van der Waals surface area contributed by atoms with Gasteiger partial charge in [0, 0.05) is 12.6 Å². The van der Waals surface area contributed by atoms with Crippen LogP contribution in [0.5, 0.6) is 0 Å². The van der Waals surface area contributed by atoms with E-state index < -0.39 is 11.5 Å². The molecule has 1 aromatic rings. The molecule has 0 bridgehead atoms. The average Bonchev–Trinajstić information content (AvgIpc) is 2.79. The Hall–Kier alpha value is -2.04. The van der Waals surface area contributed by atoms with Crippen LogP contribution >= 0.6 is 0 Å². The Kier molecular flexibility index (Phi) is 4.31. The third-order valence-electron chi connectivity index (χ3n) is 2.71. The molecule has 0 saturated carbocycles. The van der Waals surface area contributed by atoms with Crippen molar-refractivity contribution in [1.29, 1.82) is 0 Å². The van der Waals surface area contributed by atoms with Crippen molar-refractivity contribution >= 4 is 18.0 Å². The van der Waals surface area contributed by atoms with Crippen molar-refractivity contribution in [2.45, 2.75) is 26.3 Å². The van der Waals surface area contributed by atoms with Gasteiger partial charge in [-0.1, -0.05) is 0 Å². The maximum absolute atomic E-state index is 12.0. The summed E-state index contributed by atoms with van der Waals surface area (Å²) in [5.74, 6) is -0.849. The van der Waals surface area contributed by atoms with E-state index in [2.05, 4.69) is 0 Å². The number of carboxylic acid groups (broad SMARTS) is 1. The fraction of sp³-hybridized carbons (Fsp3) is 0.385. The Morgan fingerprint density at radius 2 is 2.17 bits per heavy atom. The fourth-order valence-electron chi connectivity index (χ4n) is 1.57. The first-order valence-electron chi connectivity index (χ1n) is 5.66. The highest BCUT2D eigenvalue weighted by Crippen LogP contribution is 2.15. The average molecular weight is 251 g/mol. The maximum atomic E-state index is 12.0. The van der Waals surface area contributed by atoms with Gasteiger partial charge in [0.2, 0.25) is 5.91 Å². The predicted molar refractivity (Wildman–Crippen MR) is 66.8 cm³/mol. The molecule has 0 fully saturated rings. The number of rotatable bonds is 5. The Balaban J connectivity index is 2.84. The molecule has 0 radical (unpaired) electrons. The Bertz CT molecular complexity index is 446. The van der Waals surface area contributed by atoms with Crippen LogP contribution in [0, 0.1) is 0 Å². The van der Waals surface area contributed by atoms with Crippen LogP contribution in [-0.2, 0) is 9.59 Å². The molecule has 1 N–H and O–H groups in total. The first-order valence-corrected chi connectivity index (χ1v) is 5.66. The number of carbonyl (C=O) groups is 2. The molecule has 1 rings (SSSR count). The van der Waals surface area contributed by atoms with E-state index in [1.54, 1.807) is 19.1 Å². The lowest BCUT2D eigenvalue weighted by Gasteiger charge is -2.33. The standard InChI is InChI=1S/C13H17NO4/c1-4-14(13(2,3)12(16)17)11(15)8-7-10-6-5-9-18-10/h5-9H,4H2,1-3H3,(H,16,17). The molecule has 5 nitrogen and oxygen atoms in total. The van der Waals surface area contributed by atoms with Crippen LogP contribution in [0.15, 0.2) is 28.9 Å². The predicted octanol–water partition coefficient (Wildman–Crippen LogP) is 2.00. The Labute approximate surface area is 106 Å². The molecule has 1 aromatic heterocycles. The van der Waals surface area contributed by atoms with Crippen LogP contribution in [0.4, 0.5) is 0 Å².